The fourth-order valence-corrected chi connectivity index (χ4v) is 1.30. The Hall–Kier alpha value is -1.91. The maximum absolute atomic E-state index is 11.7. The van der Waals surface area contributed by atoms with Gasteiger partial charge in [0.15, 0.2) is 0 Å². The van der Waals surface area contributed by atoms with E-state index in [-0.39, 0.29) is 11.6 Å². The van der Waals surface area contributed by atoms with Crippen LogP contribution in [-0.4, -0.2) is 29.5 Å². The highest BCUT2D eigenvalue weighted by Crippen LogP contribution is 1.99. The number of rotatable bonds is 5. The summed E-state index contributed by atoms with van der Waals surface area (Å²) in [6.45, 7) is 3.83. The monoisotopic (exact) mass is 236 g/mol. The van der Waals surface area contributed by atoms with Gasteiger partial charge in [0.25, 0.3) is 5.91 Å². The van der Waals surface area contributed by atoms with Crippen molar-refractivity contribution in [1.29, 1.82) is 0 Å². The summed E-state index contributed by atoms with van der Waals surface area (Å²) >= 11 is 0. The zero-order valence-corrected chi connectivity index (χ0v) is 9.97. The van der Waals surface area contributed by atoms with E-state index in [0.717, 1.165) is 0 Å². The molecule has 0 radical (unpaired) electrons. The number of ether oxygens (including phenoxy) is 1. The van der Waals surface area contributed by atoms with E-state index in [4.69, 9.17) is 4.74 Å². The van der Waals surface area contributed by atoms with E-state index in [1.54, 1.807) is 32.0 Å². The molecule has 0 fully saturated rings. The van der Waals surface area contributed by atoms with Gasteiger partial charge in [0.2, 0.25) is 0 Å². The molecule has 1 rings (SSSR count). The number of hydrogen-bond acceptors (Lipinski definition) is 4. The van der Waals surface area contributed by atoms with Gasteiger partial charge in [-0.3, -0.25) is 9.78 Å². The van der Waals surface area contributed by atoms with Gasteiger partial charge in [-0.05, 0) is 25.5 Å². The molecule has 1 atom stereocenters. The first-order valence-electron chi connectivity index (χ1n) is 5.57. The quantitative estimate of drug-likeness (QED) is 0.779. The smallest absolute Gasteiger partial charge is 0.328 e. The van der Waals surface area contributed by atoms with E-state index in [0.29, 0.717) is 13.0 Å². The first-order valence-corrected chi connectivity index (χ1v) is 5.57. The van der Waals surface area contributed by atoms with Crippen molar-refractivity contribution < 1.29 is 14.3 Å². The lowest BCUT2D eigenvalue weighted by atomic mass is 10.2. The fraction of sp³-hybridized carbons (Fsp3) is 0.417. The van der Waals surface area contributed by atoms with Crippen LogP contribution in [0.3, 0.4) is 0 Å². The van der Waals surface area contributed by atoms with Crippen LogP contribution in [0.1, 0.15) is 30.8 Å². The summed E-state index contributed by atoms with van der Waals surface area (Å²) in [6.07, 6.45) is 2.01. The van der Waals surface area contributed by atoms with Gasteiger partial charge in [0, 0.05) is 6.20 Å². The second kappa shape index (κ2) is 6.62. The number of pyridine rings is 1. The molecule has 1 aromatic rings. The molecule has 0 saturated heterocycles. The number of amides is 1. The lowest BCUT2D eigenvalue weighted by Gasteiger charge is -2.14. The van der Waals surface area contributed by atoms with Crippen molar-refractivity contribution in [2.45, 2.75) is 26.3 Å². The highest BCUT2D eigenvalue weighted by molar-refractivity contribution is 5.95. The summed E-state index contributed by atoms with van der Waals surface area (Å²) in [6, 6.07) is 4.41. The molecule has 17 heavy (non-hydrogen) atoms. The lowest BCUT2D eigenvalue weighted by molar-refractivity contribution is -0.145. The van der Waals surface area contributed by atoms with Crippen LogP contribution < -0.4 is 5.32 Å². The third-order valence-electron chi connectivity index (χ3n) is 2.18. The Morgan fingerprint density at radius 3 is 2.71 bits per heavy atom. The first-order chi connectivity index (χ1) is 8.19. The van der Waals surface area contributed by atoms with Gasteiger partial charge >= 0.3 is 5.97 Å². The Kier molecular flexibility index (Phi) is 5.13. The largest absolute Gasteiger partial charge is 0.464 e. The van der Waals surface area contributed by atoms with E-state index in [2.05, 4.69) is 10.3 Å². The van der Waals surface area contributed by atoms with Crippen molar-refractivity contribution in [2.75, 3.05) is 6.61 Å². The highest BCUT2D eigenvalue weighted by atomic mass is 16.5. The molecule has 1 N–H and O–H groups in total. The van der Waals surface area contributed by atoms with E-state index in [1.807, 2.05) is 0 Å². The van der Waals surface area contributed by atoms with Crippen LogP contribution in [0, 0.1) is 0 Å². The molecule has 1 aromatic heterocycles. The molecule has 0 aliphatic rings. The Morgan fingerprint density at radius 2 is 2.18 bits per heavy atom. The molecule has 0 bridgehead atoms. The van der Waals surface area contributed by atoms with Crippen LogP contribution >= 0.6 is 0 Å². The highest BCUT2D eigenvalue weighted by Gasteiger charge is 2.20. The second-order valence-corrected chi connectivity index (χ2v) is 3.40. The minimum Gasteiger partial charge on any atom is -0.464 e. The second-order valence-electron chi connectivity index (χ2n) is 3.40. The van der Waals surface area contributed by atoms with Crippen LogP contribution in [0.4, 0.5) is 0 Å². The topological polar surface area (TPSA) is 68.3 Å². The molecule has 1 amide bonds. The molecule has 1 heterocycles. The van der Waals surface area contributed by atoms with Crippen LogP contribution in [-0.2, 0) is 9.53 Å². The van der Waals surface area contributed by atoms with Gasteiger partial charge in [-0.15, -0.1) is 0 Å². The minimum absolute atomic E-state index is 0.287. The summed E-state index contributed by atoms with van der Waals surface area (Å²) in [5.41, 5.74) is 0.287. The predicted molar refractivity (Wildman–Crippen MR) is 62.4 cm³/mol. The number of hydrogen-bond donors (Lipinski definition) is 1. The lowest BCUT2D eigenvalue weighted by Crippen LogP contribution is -2.41. The molecular formula is C12H16N2O3. The Morgan fingerprint density at radius 1 is 1.41 bits per heavy atom. The van der Waals surface area contributed by atoms with Crippen molar-refractivity contribution in [1.82, 2.24) is 10.3 Å². The Labute approximate surface area is 100 Å². The van der Waals surface area contributed by atoms with Crippen molar-refractivity contribution in [2.24, 2.45) is 0 Å². The standard InChI is InChI=1S/C12H16N2O3/c1-3-9(12(16)17-4-2)14-11(15)10-7-5-6-8-13-10/h5-9H,3-4H2,1-2H3,(H,14,15). The molecule has 5 nitrogen and oxygen atoms in total. The van der Waals surface area contributed by atoms with Crippen molar-refractivity contribution in [3.8, 4) is 0 Å². The van der Waals surface area contributed by atoms with Crippen molar-refractivity contribution in [3.63, 3.8) is 0 Å². The zero-order chi connectivity index (χ0) is 12.7. The summed E-state index contributed by atoms with van der Waals surface area (Å²) in [5, 5.41) is 2.59. The molecule has 0 aromatic carbocycles. The van der Waals surface area contributed by atoms with Gasteiger partial charge in [-0.2, -0.15) is 0 Å². The van der Waals surface area contributed by atoms with E-state index >= 15 is 0 Å². The van der Waals surface area contributed by atoms with Gasteiger partial charge in [0.05, 0.1) is 6.61 Å². The van der Waals surface area contributed by atoms with Crippen LogP contribution in [0.25, 0.3) is 0 Å². The SMILES string of the molecule is CCOC(=O)C(CC)NC(=O)c1ccccn1. The molecule has 0 spiro atoms. The molecule has 0 aliphatic heterocycles. The van der Waals surface area contributed by atoms with Crippen LogP contribution in [0.2, 0.25) is 0 Å². The van der Waals surface area contributed by atoms with Crippen LogP contribution in [0.15, 0.2) is 24.4 Å². The Bertz CT molecular complexity index is 379. The summed E-state index contributed by atoms with van der Waals surface area (Å²) < 4.78 is 4.86. The minimum atomic E-state index is -0.621. The average Bonchev–Trinajstić information content (AvgIpc) is 2.37. The van der Waals surface area contributed by atoms with Crippen LogP contribution in [0.5, 0.6) is 0 Å². The first kappa shape index (κ1) is 13.2. The number of aromatic nitrogens is 1. The number of nitrogens with zero attached hydrogens (tertiary/aromatic N) is 1. The maximum atomic E-state index is 11.7. The maximum Gasteiger partial charge on any atom is 0.328 e. The molecule has 0 aliphatic carbocycles. The third kappa shape index (κ3) is 3.86. The van der Waals surface area contributed by atoms with Crippen molar-refractivity contribution in [3.05, 3.63) is 30.1 Å². The molecular weight excluding hydrogens is 220 g/mol. The summed E-state index contributed by atoms with van der Waals surface area (Å²) in [5.74, 6) is -0.787. The van der Waals surface area contributed by atoms with E-state index in [9.17, 15) is 9.59 Å². The number of carbonyl (C=O) groups excluding carboxylic acids is 2. The fourth-order valence-electron chi connectivity index (χ4n) is 1.30. The van der Waals surface area contributed by atoms with Gasteiger partial charge in [-0.1, -0.05) is 13.0 Å². The predicted octanol–water partition coefficient (Wildman–Crippen LogP) is 1.15. The molecule has 5 heteroatoms. The molecule has 1 unspecified atom stereocenters. The van der Waals surface area contributed by atoms with Gasteiger partial charge < -0.3 is 10.1 Å². The third-order valence-corrected chi connectivity index (χ3v) is 2.18. The van der Waals surface area contributed by atoms with Gasteiger partial charge in [-0.25, -0.2) is 4.79 Å². The number of nitrogens with one attached hydrogen (secondary N) is 1. The average molecular weight is 236 g/mol. The normalized spacial score (nSPS) is 11.6. The molecule has 92 valence electrons. The number of esters is 1. The molecule has 0 saturated carbocycles. The number of carbonyl (C=O) groups is 2. The summed E-state index contributed by atoms with van der Waals surface area (Å²) in [4.78, 5) is 27.1. The summed E-state index contributed by atoms with van der Waals surface area (Å²) in [7, 11) is 0. The van der Waals surface area contributed by atoms with Gasteiger partial charge in [0.1, 0.15) is 11.7 Å². The Balaban J connectivity index is 2.63. The van der Waals surface area contributed by atoms with E-state index in [1.165, 1.54) is 6.20 Å². The van der Waals surface area contributed by atoms with Crippen molar-refractivity contribution >= 4 is 11.9 Å². The van der Waals surface area contributed by atoms with E-state index < -0.39 is 12.0 Å². The zero-order valence-electron chi connectivity index (χ0n) is 9.97.